The standard InChI is InChI=1S/C13H27N/c1-4-8-11(2)14-12(3)13-9-6-5-7-10-13/h11-14H,4-10H2,1-3H3/t11?,12-/m1/s1. The highest BCUT2D eigenvalue weighted by atomic mass is 14.9. The first kappa shape index (κ1) is 12.0. The van der Waals surface area contributed by atoms with Crippen LogP contribution in [0.15, 0.2) is 0 Å². The molecule has 14 heavy (non-hydrogen) atoms. The molecular formula is C13H27N. The molecule has 0 spiro atoms. The second kappa shape index (κ2) is 6.44. The van der Waals surface area contributed by atoms with Crippen LogP contribution >= 0.6 is 0 Å². The van der Waals surface area contributed by atoms with Gasteiger partial charge in [0.05, 0.1) is 0 Å². The third-order valence-corrected chi connectivity index (χ3v) is 3.63. The average molecular weight is 197 g/mol. The van der Waals surface area contributed by atoms with Crippen molar-refractivity contribution in [3.63, 3.8) is 0 Å². The van der Waals surface area contributed by atoms with E-state index in [1.807, 2.05) is 0 Å². The molecule has 1 saturated carbocycles. The van der Waals surface area contributed by atoms with Gasteiger partial charge in [-0.15, -0.1) is 0 Å². The van der Waals surface area contributed by atoms with Crippen molar-refractivity contribution in [3.05, 3.63) is 0 Å². The number of hydrogen-bond donors (Lipinski definition) is 1. The van der Waals surface area contributed by atoms with E-state index in [1.165, 1.54) is 44.9 Å². The summed E-state index contributed by atoms with van der Waals surface area (Å²) in [6.07, 6.45) is 9.90. The van der Waals surface area contributed by atoms with Crippen molar-refractivity contribution in [3.8, 4) is 0 Å². The van der Waals surface area contributed by atoms with Gasteiger partial charge < -0.3 is 5.32 Å². The van der Waals surface area contributed by atoms with Gasteiger partial charge in [0.15, 0.2) is 0 Å². The maximum atomic E-state index is 3.75. The molecule has 1 nitrogen and oxygen atoms in total. The molecule has 1 aliphatic rings. The van der Waals surface area contributed by atoms with Gasteiger partial charge in [-0.2, -0.15) is 0 Å². The van der Waals surface area contributed by atoms with Gasteiger partial charge in [-0.25, -0.2) is 0 Å². The van der Waals surface area contributed by atoms with Crippen molar-refractivity contribution in [2.45, 2.75) is 77.8 Å². The summed E-state index contributed by atoms with van der Waals surface area (Å²) in [6.45, 7) is 6.97. The van der Waals surface area contributed by atoms with Crippen LogP contribution in [0.5, 0.6) is 0 Å². The minimum Gasteiger partial charge on any atom is -0.312 e. The van der Waals surface area contributed by atoms with E-state index in [1.54, 1.807) is 0 Å². The van der Waals surface area contributed by atoms with Crippen LogP contribution in [0.1, 0.15) is 65.7 Å². The van der Waals surface area contributed by atoms with E-state index in [4.69, 9.17) is 0 Å². The monoisotopic (exact) mass is 197 g/mol. The Labute approximate surface area is 89.7 Å². The van der Waals surface area contributed by atoms with Crippen molar-refractivity contribution in [2.75, 3.05) is 0 Å². The predicted octanol–water partition coefficient (Wildman–Crippen LogP) is 3.73. The minimum absolute atomic E-state index is 0.705. The normalized spacial score (nSPS) is 23.4. The smallest absolute Gasteiger partial charge is 0.00694 e. The molecule has 1 aliphatic carbocycles. The van der Waals surface area contributed by atoms with Gasteiger partial charge in [0.25, 0.3) is 0 Å². The summed E-state index contributed by atoms with van der Waals surface area (Å²) in [6, 6.07) is 1.44. The topological polar surface area (TPSA) is 12.0 Å². The molecule has 0 aliphatic heterocycles. The van der Waals surface area contributed by atoms with Gasteiger partial charge >= 0.3 is 0 Å². The Bertz CT molecular complexity index is 138. The van der Waals surface area contributed by atoms with Crippen LogP contribution in [0.4, 0.5) is 0 Å². The van der Waals surface area contributed by atoms with Crippen molar-refractivity contribution in [1.29, 1.82) is 0 Å². The lowest BCUT2D eigenvalue weighted by molar-refractivity contribution is 0.264. The lowest BCUT2D eigenvalue weighted by atomic mass is 9.84. The molecule has 2 atom stereocenters. The summed E-state index contributed by atoms with van der Waals surface area (Å²) in [4.78, 5) is 0. The third kappa shape index (κ3) is 4.00. The zero-order valence-electron chi connectivity index (χ0n) is 10.2. The summed E-state index contributed by atoms with van der Waals surface area (Å²) in [5, 5.41) is 3.75. The summed E-state index contributed by atoms with van der Waals surface area (Å²) < 4.78 is 0. The second-order valence-corrected chi connectivity index (χ2v) is 5.04. The first-order valence-electron chi connectivity index (χ1n) is 6.50. The molecule has 0 radical (unpaired) electrons. The number of rotatable bonds is 5. The largest absolute Gasteiger partial charge is 0.312 e. The molecular weight excluding hydrogens is 170 g/mol. The first-order valence-corrected chi connectivity index (χ1v) is 6.50. The molecule has 1 heteroatoms. The van der Waals surface area contributed by atoms with Crippen LogP contribution in [0, 0.1) is 5.92 Å². The van der Waals surface area contributed by atoms with Gasteiger partial charge in [-0.3, -0.25) is 0 Å². The molecule has 0 aromatic carbocycles. The molecule has 1 fully saturated rings. The van der Waals surface area contributed by atoms with E-state index in [0.717, 1.165) is 12.0 Å². The Morgan fingerprint density at radius 2 is 1.79 bits per heavy atom. The van der Waals surface area contributed by atoms with Gasteiger partial charge in [-0.05, 0) is 39.0 Å². The van der Waals surface area contributed by atoms with E-state index in [-0.39, 0.29) is 0 Å². The zero-order chi connectivity index (χ0) is 10.4. The maximum Gasteiger partial charge on any atom is 0.00694 e. The minimum atomic E-state index is 0.705. The highest BCUT2D eigenvalue weighted by Gasteiger charge is 2.20. The van der Waals surface area contributed by atoms with E-state index in [9.17, 15) is 0 Å². The lowest BCUT2D eigenvalue weighted by Gasteiger charge is -2.30. The number of hydrogen-bond acceptors (Lipinski definition) is 1. The molecule has 0 bridgehead atoms. The molecule has 0 aromatic rings. The Morgan fingerprint density at radius 3 is 2.36 bits per heavy atom. The van der Waals surface area contributed by atoms with Crippen LogP contribution in [0.3, 0.4) is 0 Å². The van der Waals surface area contributed by atoms with Crippen molar-refractivity contribution >= 4 is 0 Å². The van der Waals surface area contributed by atoms with Gasteiger partial charge in [0.2, 0.25) is 0 Å². The fraction of sp³-hybridized carbons (Fsp3) is 1.00. The van der Waals surface area contributed by atoms with Crippen LogP contribution < -0.4 is 5.32 Å². The highest BCUT2D eigenvalue weighted by Crippen LogP contribution is 2.26. The Balaban J connectivity index is 2.21. The summed E-state index contributed by atoms with van der Waals surface area (Å²) in [7, 11) is 0. The van der Waals surface area contributed by atoms with Crippen LogP contribution in [0.25, 0.3) is 0 Å². The van der Waals surface area contributed by atoms with Crippen LogP contribution in [-0.4, -0.2) is 12.1 Å². The molecule has 0 amide bonds. The van der Waals surface area contributed by atoms with Crippen molar-refractivity contribution in [1.82, 2.24) is 5.32 Å². The molecule has 84 valence electrons. The fourth-order valence-corrected chi connectivity index (χ4v) is 2.74. The summed E-state index contributed by atoms with van der Waals surface area (Å²) >= 11 is 0. The Kier molecular flexibility index (Phi) is 5.54. The lowest BCUT2D eigenvalue weighted by Crippen LogP contribution is -2.40. The molecule has 1 unspecified atom stereocenters. The Hall–Kier alpha value is -0.0400. The summed E-state index contributed by atoms with van der Waals surface area (Å²) in [5.74, 6) is 0.947. The molecule has 0 heterocycles. The molecule has 0 aromatic heterocycles. The van der Waals surface area contributed by atoms with E-state index in [2.05, 4.69) is 26.1 Å². The quantitative estimate of drug-likeness (QED) is 0.708. The Morgan fingerprint density at radius 1 is 1.14 bits per heavy atom. The predicted molar refractivity (Wildman–Crippen MR) is 63.5 cm³/mol. The molecule has 1 N–H and O–H groups in total. The number of nitrogens with one attached hydrogen (secondary N) is 1. The third-order valence-electron chi connectivity index (χ3n) is 3.63. The van der Waals surface area contributed by atoms with E-state index < -0.39 is 0 Å². The van der Waals surface area contributed by atoms with Gasteiger partial charge in [0, 0.05) is 12.1 Å². The highest BCUT2D eigenvalue weighted by molar-refractivity contribution is 4.77. The molecule has 0 saturated heterocycles. The van der Waals surface area contributed by atoms with Gasteiger partial charge in [0.1, 0.15) is 0 Å². The van der Waals surface area contributed by atoms with Crippen LogP contribution in [-0.2, 0) is 0 Å². The maximum absolute atomic E-state index is 3.75. The van der Waals surface area contributed by atoms with Gasteiger partial charge in [-0.1, -0.05) is 32.6 Å². The SMILES string of the molecule is CCCC(C)N[C@H](C)C1CCCCC1. The van der Waals surface area contributed by atoms with Crippen LogP contribution in [0.2, 0.25) is 0 Å². The van der Waals surface area contributed by atoms with Crippen molar-refractivity contribution in [2.24, 2.45) is 5.92 Å². The van der Waals surface area contributed by atoms with E-state index >= 15 is 0 Å². The average Bonchev–Trinajstić information content (AvgIpc) is 2.19. The van der Waals surface area contributed by atoms with E-state index in [0.29, 0.717) is 6.04 Å². The second-order valence-electron chi connectivity index (χ2n) is 5.04. The zero-order valence-corrected chi connectivity index (χ0v) is 10.2. The fourth-order valence-electron chi connectivity index (χ4n) is 2.74. The van der Waals surface area contributed by atoms with Crippen molar-refractivity contribution < 1.29 is 0 Å². The summed E-state index contributed by atoms with van der Waals surface area (Å²) in [5.41, 5.74) is 0. The molecule has 1 rings (SSSR count). The first-order chi connectivity index (χ1) is 6.74.